The van der Waals surface area contributed by atoms with Gasteiger partial charge in [-0.3, -0.25) is 9.79 Å². The smallest absolute Gasteiger partial charge is 0.168 e. The minimum atomic E-state index is -0.0813. The Bertz CT molecular complexity index is 473. The van der Waals surface area contributed by atoms with Crippen molar-refractivity contribution in [1.82, 2.24) is 0 Å². The van der Waals surface area contributed by atoms with Crippen LogP contribution in [-0.2, 0) is 11.3 Å². The van der Waals surface area contributed by atoms with Crippen molar-refractivity contribution in [3.05, 3.63) is 41.6 Å². The molecule has 0 aliphatic carbocycles. The van der Waals surface area contributed by atoms with Crippen LogP contribution in [0.25, 0.3) is 0 Å². The zero-order valence-corrected chi connectivity index (χ0v) is 11.6. The Morgan fingerprint density at radius 2 is 2.00 bits per heavy atom. The highest BCUT2D eigenvalue weighted by atomic mass is 16.5. The zero-order chi connectivity index (χ0) is 14.3. The normalized spacial score (nSPS) is 12.1. The summed E-state index contributed by atoms with van der Waals surface area (Å²) in [4.78, 5) is 16.0. The Kier molecular flexibility index (Phi) is 5.79. The number of nitrogens with zero attached hydrogens (tertiary/aromatic N) is 1. The number of carbonyl (C=O) groups excluding carboxylic acids is 1. The summed E-state index contributed by atoms with van der Waals surface area (Å²) in [6.45, 7) is 4.18. The first kappa shape index (κ1) is 15.0. The van der Waals surface area contributed by atoms with E-state index in [1.807, 2.05) is 38.1 Å². The summed E-state index contributed by atoms with van der Waals surface area (Å²) >= 11 is 0. The average Bonchev–Trinajstić information content (AvgIpc) is 2.43. The maximum absolute atomic E-state index is 11.7. The second-order valence-corrected chi connectivity index (χ2v) is 4.46. The van der Waals surface area contributed by atoms with E-state index in [0.717, 1.165) is 11.3 Å². The first-order valence-corrected chi connectivity index (χ1v) is 6.17. The summed E-state index contributed by atoms with van der Waals surface area (Å²) < 4.78 is 5.08. The second-order valence-electron chi connectivity index (χ2n) is 4.46. The highest BCUT2D eigenvalue weighted by Crippen LogP contribution is 2.12. The molecule has 0 amide bonds. The molecule has 4 nitrogen and oxygen atoms in total. The van der Waals surface area contributed by atoms with Crippen molar-refractivity contribution in [2.45, 2.75) is 20.4 Å². The van der Waals surface area contributed by atoms with Crippen molar-refractivity contribution < 1.29 is 9.53 Å². The molecule has 0 heterocycles. The van der Waals surface area contributed by atoms with Crippen LogP contribution in [0.3, 0.4) is 0 Å². The van der Waals surface area contributed by atoms with Crippen LogP contribution in [0.15, 0.2) is 41.0 Å². The third-order valence-corrected chi connectivity index (χ3v) is 2.65. The van der Waals surface area contributed by atoms with E-state index in [0.29, 0.717) is 12.1 Å². The van der Waals surface area contributed by atoms with Crippen molar-refractivity contribution in [3.8, 4) is 5.75 Å². The van der Waals surface area contributed by atoms with Gasteiger partial charge in [0.2, 0.25) is 0 Å². The highest BCUT2D eigenvalue weighted by molar-refractivity contribution is 6.13. The molecule has 4 heteroatoms. The standard InChI is InChI=1S/C15H20N2O2/c1-11(2)15(18)13(8-16)10-17-9-12-4-6-14(19-3)7-5-12/h4-8,10-11H,9,16H2,1-3H3. The zero-order valence-electron chi connectivity index (χ0n) is 11.6. The van der Waals surface area contributed by atoms with Crippen LogP contribution in [0, 0.1) is 5.92 Å². The fourth-order valence-electron chi connectivity index (χ4n) is 1.50. The van der Waals surface area contributed by atoms with E-state index < -0.39 is 0 Å². The van der Waals surface area contributed by atoms with Crippen molar-refractivity contribution >= 4 is 12.0 Å². The maximum Gasteiger partial charge on any atom is 0.168 e. The van der Waals surface area contributed by atoms with Gasteiger partial charge in [-0.1, -0.05) is 26.0 Å². The summed E-state index contributed by atoms with van der Waals surface area (Å²) in [6, 6.07) is 7.63. The van der Waals surface area contributed by atoms with Crippen molar-refractivity contribution in [2.75, 3.05) is 7.11 Å². The molecule has 1 aromatic carbocycles. The largest absolute Gasteiger partial charge is 0.497 e. The summed E-state index contributed by atoms with van der Waals surface area (Å²) in [6.07, 6.45) is 2.84. The molecule has 0 spiro atoms. The third-order valence-electron chi connectivity index (χ3n) is 2.65. The Morgan fingerprint density at radius 3 is 2.47 bits per heavy atom. The molecule has 1 aromatic rings. The van der Waals surface area contributed by atoms with Crippen LogP contribution in [0.1, 0.15) is 19.4 Å². The van der Waals surface area contributed by atoms with Crippen LogP contribution in [0.5, 0.6) is 5.75 Å². The van der Waals surface area contributed by atoms with E-state index in [9.17, 15) is 4.79 Å². The predicted octanol–water partition coefficient (Wildman–Crippen LogP) is 2.33. The Hall–Kier alpha value is -2.10. The van der Waals surface area contributed by atoms with Crippen molar-refractivity contribution in [3.63, 3.8) is 0 Å². The number of ether oxygens (including phenoxy) is 1. The SMILES string of the molecule is COc1ccc(CN=CC(=CN)C(=O)C(C)C)cc1. The van der Waals surface area contributed by atoms with Crippen LogP contribution in [-0.4, -0.2) is 19.1 Å². The number of allylic oxidation sites excluding steroid dienone is 1. The van der Waals surface area contributed by atoms with E-state index in [4.69, 9.17) is 10.5 Å². The van der Waals surface area contributed by atoms with Gasteiger partial charge in [-0.2, -0.15) is 0 Å². The Morgan fingerprint density at radius 1 is 1.37 bits per heavy atom. The minimum Gasteiger partial charge on any atom is -0.497 e. The van der Waals surface area contributed by atoms with Crippen molar-refractivity contribution in [1.29, 1.82) is 0 Å². The van der Waals surface area contributed by atoms with E-state index in [1.54, 1.807) is 7.11 Å². The molecule has 0 bridgehead atoms. The highest BCUT2D eigenvalue weighted by Gasteiger charge is 2.10. The quantitative estimate of drug-likeness (QED) is 0.630. The second kappa shape index (κ2) is 7.36. The number of hydrogen-bond donors (Lipinski definition) is 1. The summed E-state index contributed by atoms with van der Waals surface area (Å²) in [5.74, 6) is 0.730. The number of benzene rings is 1. The molecule has 19 heavy (non-hydrogen) atoms. The van der Waals surface area contributed by atoms with Gasteiger partial charge in [0.05, 0.1) is 19.2 Å². The summed E-state index contributed by atoms with van der Waals surface area (Å²) in [7, 11) is 1.63. The Labute approximate surface area is 114 Å². The number of nitrogens with two attached hydrogens (primary N) is 1. The third kappa shape index (κ3) is 4.58. The average molecular weight is 260 g/mol. The van der Waals surface area contributed by atoms with Gasteiger partial charge in [0.25, 0.3) is 0 Å². The Balaban J connectivity index is 2.63. The van der Waals surface area contributed by atoms with Crippen LogP contribution in [0.2, 0.25) is 0 Å². The predicted molar refractivity (Wildman–Crippen MR) is 77.3 cm³/mol. The molecule has 0 saturated carbocycles. The summed E-state index contributed by atoms with van der Waals surface area (Å²) in [5.41, 5.74) is 6.93. The van der Waals surface area contributed by atoms with Gasteiger partial charge < -0.3 is 10.5 Å². The minimum absolute atomic E-state index is 0.000908. The molecular weight excluding hydrogens is 240 g/mol. The molecule has 0 atom stereocenters. The number of Topliss-reactive ketones (excluding diaryl/α,β-unsaturated/α-hetero) is 1. The molecule has 0 aliphatic heterocycles. The van der Waals surface area contributed by atoms with Gasteiger partial charge >= 0.3 is 0 Å². The fraction of sp³-hybridized carbons (Fsp3) is 0.333. The maximum atomic E-state index is 11.7. The number of methoxy groups -OCH3 is 1. The lowest BCUT2D eigenvalue weighted by Gasteiger charge is -2.03. The number of rotatable bonds is 6. The molecule has 0 fully saturated rings. The number of carbonyl (C=O) groups is 1. The van der Waals surface area contributed by atoms with Gasteiger partial charge in [-0.05, 0) is 17.7 Å². The monoisotopic (exact) mass is 260 g/mol. The first-order valence-electron chi connectivity index (χ1n) is 6.17. The fourth-order valence-corrected chi connectivity index (χ4v) is 1.50. The molecular formula is C15H20N2O2. The van der Waals surface area contributed by atoms with E-state index >= 15 is 0 Å². The van der Waals surface area contributed by atoms with E-state index in [2.05, 4.69) is 4.99 Å². The van der Waals surface area contributed by atoms with E-state index in [1.165, 1.54) is 12.4 Å². The molecule has 102 valence electrons. The van der Waals surface area contributed by atoms with Gasteiger partial charge in [0, 0.05) is 18.3 Å². The number of ketones is 1. The number of hydrogen-bond acceptors (Lipinski definition) is 4. The van der Waals surface area contributed by atoms with Crippen LogP contribution in [0.4, 0.5) is 0 Å². The lowest BCUT2D eigenvalue weighted by molar-refractivity contribution is -0.117. The number of aliphatic imine (C=N–C) groups is 1. The molecule has 0 unspecified atom stereocenters. The first-order chi connectivity index (χ1) is 9.08. The lowest BCUT2D eigenvalue weighted by Crippen LogP contribution is -2.12. The van der Waals surface area contributed by atoms with Gasteiger partial charge in [0.15, 0.2) is 5.78 Å². The molecule has 0 aromatic heterocycles. The van der Waals surface area contributed by atoms with Gasteiger partial charge in [-0.15, -0.1) is 0 Å². The van der Waals surface area contributed by atoms with Crippen LogP contribution < -0.4 is 10.5 Å². The molecule has 0 saturated heterocycles. The van der Waals surface area contributed by atoms with Gasteiger partial charge in [0.1, 0.15) is 5.75 Å². The van der Waals surface area contributed by atoms with Gasteiger partial charge in [-0.25, -0.2) is 0 Å². The van der Waals surface area contributed by atoms with Crippen LogP contribution >= 0.6 is 0 Å². The molecule has 0 aliphatic rings. The molecule has 1 rings (SSSR count). The topological polar surface area (TPSA) is 64.7 Å². The summed E-state index contributed by atoms with van der Waals surface area (Å²) in [5, 5.41) is 0. The lowest BCUT2D eigenvalue weighted by atomic mass is 10.0. The van der Waals surface area contributed by atoms with E-state index in [-0.39, 0.29) is 11.7 Å². The molecule has 2 N–H and O–H groups in total. The van der Waals surface area contributed by atoms with Crippen molar-refractivity contribution in [2.24, 2.45) is 16.6 Å². The molecule has 0 radical (unpaired) electrons.